The standard InChI is InChI=1S/C65H45N3/c1-3-18-49-42(2)64(56-27-11-13-29-58(56)65(59-30-14-12-28-57(59)64)53-25-9-7-23-50(53)51-24-8-10-26-54(51)65)55-37-36-46(40-52(49)55)43-32-34-44(35-33-43)61-41-62(68-63(67-61)45-19-5-4-6-20-45)48-22-17-21-47(39-48)60-31-15-16-38-66-60/h3-41H,1-2H3/b18-3-. The Morgan fingerprint density at radius 3 is 1.47 bits per heavy atom. The fraction of sp³-hybridized carbons (Fsp3) is 0.0615. The smallest absolute Gasteiger partial charge is 0.160 e. The van der Waals surface area contributed by atoms with Gasteiger partial charge in [-0.3, -0.25) is 4.98 Å². The molecule has 0 N–H and O–H groups in total. The molecule has 0 radical (unpaired) electrons. The molecule has 3 nitrogen and oxygen atoms in total. The fourth-order valence-electron chi connectivity index (χ4n) is 12.0. The van der Waals surface area contributed by atoms with Crippen molar-refractivity contribution in [3.63, 3.8) is 0 Å². The summed E-state index contributed by atoms with van der Waals surface area (Å²) in [6, 6.07) is 79.6. The van der Waals surface area contributed by atoms with E-state index in [1.807, 2.05) is 42.6 Å². The van der Waals surface area contributed by atoms with Crippen molar-refractivity contribution in [2.75, 3.05) is 0 Å². The van der Waals surface area contributed by atoms with Gasteiger partial charge in [-0.2, -0.15) is 0 Å². The van der Waals surface area contributed by atoms with Crippen molar-refractivity contribution < 1.29 is 0 Å². The van der Waals surface area contributed by atoms with E-state index in [-0.39, 0.29) is 0 Å². The van der Waals surface area contributed by atoms with E-state index in [4.69, 9.17) is 9.97 Å². The predicted octanol–water partition coefficient (Wildman–Crippen LogP) is 15.6. The van der Waals surface area contributed by atoms with Gasteiger partial charge in [-0.1, -0.05) is 200 Å². The Hall–Kier alpha value is -8.53. The van der Waals surface area contributed by atoms with Crippen LogP contribution in [0.3, 0.4) is 0 Å². The zero-order valence-corrected chi connectivity index (χ0v) is 37.9. The van der Waals surface area contributed by atoms with E-state index in [2.05, 4.69) is 213 Å². The van der Waals surface area contributed by atoms with Gasteiger partial charge in [-0.15, -0.1) is 0 Å². The molecular weight excluding hydrogens is 823 g/mol. The van der Waals surface area contributed by atoms with E-state index in [0.29, 0.717) is 5.82 Å². The second-order valence-electron chi connectivity index (χ2n) is 18.2. The molecular formula is C65H45N3. The van der Waals surface area contributed by atoms with Gasteiger partial charge < -0.3 is 0 Å². The van der Waals surface area contributed by atoms with Crippen LogP contribution in [-0.2, 0) is 10.8 Å². The zero-order chi connectivity index (χ0) is 45.4. The molecule has 0 unspecified atom stereocenters. The lowest BCUT2D eigenvalue weighted by Gasteiger charge is -2.49. The molecule has 2 heterocycles. The molecule has 2 spiro atoms. The van der Waals surface area contributed by atoms with Crippen LogP contribution in [0, 0.1) is 0 Å². The van der Waals surface area contributed by atoms with Crippen LogP contribution in [0.25, 0.3) is 73.0 Å². The number of nitrogens with zero attached hydrogens (tertiary/aromatic N) is 3. The summed E-state index contributed by atoms with van der Waals surface area (Å²) >= 11 is 0. The third-order valence-electron chi connectivity index (χ3n) is 14.8. The number of benzene rings is 8. The summed E-state index contributed by atoms with van der Waals surface area (Å²) < 4.78 is 0. The van der Waals surface area contributed by atoms with Gasteiger partial charge in [0.2, 0.25) is 0 Å². The molecule has 2 aromatic heterocycles. The third kappa shape index (κ3) is 5.69. The zero-order valence-electron chi connectivity index (χ0n) is 37.9. The first-order chi connectivity index (χ1) is 33.6. The Kier molecular flexibility index (Phi) is 9.10. The monoisotopic (exact) mass is 867 g/mol. The summed E-state index contributed by atoms with van der Waals surface area (Å²) in [6.07, 6.45) is 6.36. The molecule has 68 heavy (non-hydrogen) atoms. The molecule has 0 saturated carbocycles. The summed E-state index contributed by atoms with van der Waals surface area (Å²) in [4.78, 5) is 14.9. The summed E-state index contributed by atoms with van der Waals surface area (Å²) in [7, 11) is 0. The fourth-order valence-corrected chi connectivity index (χ4v) is 12.0. The second-order valence-corrected chi connectivity index (χ2v) is 18.2. The summed E-state index contributed by atoms with van der Waals surface area (Å²) in [5.74, 6) is 0.690. The van der Waals surface area contributed by atoms with Gasteiger partial charge in [0, 0.05) is 28.5 Å². The number of aromatic nitrogens is 3. The van der Waals surface area contributed by atoms with Crippen LogP contribution in [0.5, 0.6) is 0 Å². The Labute approximate surface area is 397 Å². The molecule has 10 aromatic rings. The summed E-state index contributed by atoms with van der Waals surface area (Å²) in [5, 5.41) is 0. The van der Waals surface area contributed by atoms with E-state index in [0.717, 1.165) is 44.9 Å². The van der Waals surface area contributed by atoms with Crippen molar-refractivity contribution in [1.82, 2.24) is 15.0 Å². The number of pyridine rings is 1. The maximum atomic E-state index is 5.17. The summed E-state index contributed by atoms with van der Waals surface area (Å²) in [6.45, 7) is 4.51. The van der Waals surface area contributed by atoms with Crippen LogP contribution >= 0.6 is 0 Å². The Balaban J connectivity index is 0.939. The number of allylic oxidation sites excluding steroid dienone is 4. The minimum atomic E-state index is -0.490. The van der Waals surface area contributed by atoms with Crippen molar-refractivity contribution in [1.29, 1.82) is 0 Å². The van der Waals surface area contributed by atoms with E-state index in [9.17, 15) is 0 Å². The summed E-state index contributed by atoms with van der Waals surface area (Å²) in [5.41, 5.74) is 24.1. The maximum absolute atomic E-state index is 5.17. The predicted molar refractivity (Wildman–Crippen MR) is 278 cm³/mol. The molecule has 0 fully saturated rings. The molecule has 0 saturated heterocycles. The van der Waals surface area contributed by atoms with Crippen LogP contribution in [0.2, 0.25) is 0 Å². The van der Waals surface area contributed by atoms with E-state index < -0.39 is 10.8 Å². The van der Waals surface area contributed by atoms with Crippen LogP contribution in [0.4, 0.5) is 0 Å². The minimum absolute atomic E-state index is 0.451. The first kappa shape index (κ1) is 39.8. The molecule has 0 aliphatic heterocycles. The maximum Gasteiger partial charge on any atom is 0.160 e. The van der Waals surface area contributed by atoms with Crippen LogP contribution < -0.4 is 0 Å². The molecule has 3 heteroatoms. The lowest BCUT2D eigenvalue weighted by molar-refractivity contribution is 0.623. The van der Waals surface area contributed by atoms with Gasteiger partial charge in [0.05, 0.1) is 27.9 Å². The van der Waals surface area contributed by atoms with Gasteiger partial charge in [0.25, 0.3) is 0 Å². The average molecular weight is 868 g/mol. The van der Waals surface area contributed by atoms with Gasteiger partial charge in [0.15, 0.2) is 5.82 Å². The van der Waals surface area contributed by atoms with E-state index in [1.165, 1.54) is 72.3 Å². The van der Waals surface area contributed by atoms with Crippen molar-refractivity contribution in [2.45, 2.75) is 24.7 Å². The Morgan fingerprint density at radius 1 is 0.353 bits per heavy atom. The van der Waals surface area contributed by atoms with E-state index >= 15 is 0 Å². The number of fused-ring (bicyclic) bond motifs is 13. The highest BCUT2D eigenvalue weighted by atomic mass is 14.9. The molecule has 3 aliphatic rings. The number of hydrogen-bond donors (Lipinski definition) is 0. The highest BCUT2D eigenvalue weighted by Crippen LogP contribution is 2.67. The molecule has 3 aliphatic carbocycles. The quantitative estimate of drug-likeness (QED) is 0.167. The minimum Gasteiger partial charge on any atom is -0.256 e. The Bertz CT molecular complexity index is 3600. The highest BCUT2D eigenvalue weighted by Gasteiger charge is 2.58. The SMILES string of the molecule is C/C=C\C1=C(C)C2(c3ccc(-c4ccc(-c5cc(-c6cccc(-c7ccccn7)c6)nc(-c6ccccc6)n5)cc4)cc31)c1ccccc1C1(c3ccccc3-c3ccccc31)c1ccccc12. The van der Waals surface area contributed by atoms with Crippen LogP contribution in [0.15, 0.2) is 242 Å². The lowest BCUT2D eigenvalue weighted by atomic mass is 9.52. The second kappa shape index (κ2) is 15.5. The van der Waals surface area contributed by atoms with Gasteiger partial charge >= 0.3 is 0 Å². The molecule has 320 valence electrons. The first-order valence-corrected chi connectivity index (χ1v) is 23.5. The average Bonchev–Trinajstić information content (AvgIpc) is 3.84. The van der Waals surface area contributed by atoms with Crippen molar-refractivity contribution in [3.8, 4) is 67.4 Å². The van der Waals surface area contributed by atoms with Gasteiger partial charge in [0.1, 0.15) is 0 Å². The normalized spacial score (nSPS) is 14.4. The third-order valence-corrected chi connectivity index (χ3v) is 14.8. The van der Waals surface area contributed by atoms with Crippen LogP contribution in [0.1, 0.15) is 58.4 Å². The highest BCUT2D eigenvalue weighted by molar-refractivity contribution is 5.96. The molecule has 8 aromatic carbocycles. The van der Waals surface area contributed by atoms with Gasteiger partial charge in [-0.05, 0) is 122 Å². The van der Waals surface area contributed by atoms with Crippen molar-refractivity contribution in [3.05, 3.63) is 287 Å². The lowest BCUT2D eigenvalue weighted by Crippen LogP contribution is -2.43. The van der Waals surface area contributed by atoms with Crippen molar-refractivity contribution >= 4 is 5.57 Å². The van der Waals surface area contributed by atoms with E-state index in [1.54, 1.807) is 0 Å². The molecule has 0 atom stereocenters. The molecule has 0 amide bonds. The largest absolute Gasteiger partial charge is 0.256 e. The molecule has 13 rings (SSSR count). The van der Waals surface area contributed by atoms with Crippen LogP contribution in [-0.4, -0.2) is 15.0 Å². The number of rotatable bonds is 6. The Morgan fingerprint density at radius 2 is 0.853 bits per heavy atom. The molecule has 0 bridgehead atoms. The first-order valence-electron chi connectivity index (χ1n) is 23.5. The van der Waals surface area contributed by atoms with Gasteiger partial charge in [-0.25, -0.2) is 9.97 Å². The van der Waals surface area contributed by atoms with Crippen molar-refractivity contribution in [2.24, 2.45) is 0 Å². The number of hydrogen-bond acceptors (Lipinski definition) is 3. The topological polar surface area (TPSA) is 38.7 Å².